The zero-order valence-electron chi connectivity index (χ0n) is 10.1. The quantitative estimate of drug-likeness (QED) is 0.554. The molecule has 0 aromatic heterocycles. The van der Waals surface area contributed by atoms with Gasteiger partial charge in [-0.3, -0.25) is 4.79 Å². The molecule has 0 saturated carbocycles. The predicted octanol–water partition coefficient (Wildman–Crippen LogP) is 0.511. The first-order chi connectivity index (χ1) is 7.08. The van der Waals surface area contributed by atoms with Crippen molar-refractivity contribution in [3.05, 3.63) is 0 Å². The van der Waals surface area contributed by atoms with Crippen molar-refractivity contribution < 1.29 is 9.90 Å². The van der Waals surface area contributed by atoms with Crippen LogP contribution in [0.4, 0.5) is 0 Å². The lowest BCUT2D eigenvalue weighted by molar-refractivity contribution is -0.120. The molecule has 1 atom stereocenters. The highest BCUT2D eigenvalue weighted by atomic mass is 16.3. The molecular weight excluding hydrogens is 192 g/mol. The van der Waals surface area contributed by atoms with Gasteiger partial charge in [-0.2, -0.15) is 0 Å². The van der Waals surface area contributed by atoms with Crippen molar-refractivity contribution in [2.24, 2.45) is 5.41 Å². The van der Waals surface area contributed by atoms with E-state index in [0.717, 1.165) is 19.4 Å². The van der Waals surface area contributed by atoms with Gasteiger partial charge >= 0.3 is 0 Å². The summed E-state index contributed by atoms with van der Waals surface area (Å²) in [7, 11) is 0. The average molecular weight is 216 g/mol. The molecule has 15 heavy (non-hydrogen) atoms. The molecule has 0 bridgehead atoms. The number of carbonyl (C=O) groups excluding carboxylic acids is 1. The van der Waals surface area contributed by atoms with Gasteiger partial charge in [-0.05, 0) is 12.8 Å². The molecule has 0 aromatic rings. The zero-order valence-corrected chi connectivity index (χ0v) is 10.1. The number of hydrogen-bond donors (Lipinski definition) is 3. The summed E-state index contributed by atoms with van der Waals surface area (Å²) in [6, 6.07) is 0. The van der Waals surface area contributed by atoms with E-state index >= 15 is 0 Å². The standard InChI is InChI=1S/C11H24N2O2/c1-4-6-13-10(15)7-12-8-11(3,5-2)9-14/h12,14H,4-9H2,1-3H3,(H,13,15). The highest BCUT2D eigenvalue weighted by Gasteiger charge is 2.20. The molecule has 1 unspecified atom stereocenters. The minimum absolute atomic E-state index is 0.0215. The molecule has 0 aliphatic heterocycles. The average Bonchev–Trinajstić information content (AvgIpc) is 2.26. The van der Waals surface area contributed by atoms with Gasteiger partial charge in [0.2, 0.25) is 5.91 Å². The molecule has 4 nitrogen and oxygen atoms in total. The summed E-state index contributed by atoms with van der Waals surface area (Å²) in [6.07, 6.45) is 1.85. The summed E-state index contributed by atoms with van der Waals surface area (Å²) in [6.45, 7) is 7.93. The molecule has 0 radical (unpaired) electrons. The Morgan fingerprint density at radius 3 is 2.53 bits per heavy atom. The van der Waals surface area contributed by atoms with Crippen molar-refractivity contribution in [2.45, 2.75) is 33.6 Å². The van der Waals surface area contributed by atoms with E-state index in [9.17, 15) is 4.79 Å². The first kappa shape index (κ1) is 14.4. The largest absolute Gasteiger partial charge is 0.396 e. The number of aliphatic hydroxyl groups is 1. The monoisotopic (exact) mass is 216 g/mol. The molecule has 0 fully saturated rings. The lowest BCUT2D eigenvalue weighted by Gasteiger charge is -2.25. The van der Waals surface area contributed by atoms with Crippen LogP contribution in [-0.4, -0.2) is 37.3 Å². The van der Waals surface area contributed by atoms with Crippen LogP contribution in [0.1, 0.15) is 33.6 Å². The van der Waals surface area contributed by atoms with Crippen LogP contribution in [0, 0.1) is 5.41 Å². The van der Waals surface area contributed by atoms with Gasteiger partial charge in [0, 0.05) is 25.1 Å². The van der Waals surface area contributed by atoms with Gasteiger partial charge in [-0.1, -0.05) is 20.8 Å². The van der Waals surface area contributed by atoms with Crippen LogP contribution in [0.2, 0.25) is 0 Å². The van der Waals surface area contributed by atoms with Crippen molar-refractivity contribution in [1.82, 2.24) is 10.6 Å². The Balaban J connectivity index is 3.64. The molecular formula is C11H24N2O2. The molecule has 0 saturated heterocycles. The summed E-state index contributed by atoms with van der Waals surface area (Å²) in [5.74, 6) is 0.0215. The van der Waals surface area contributed by atoms with Crippen molar-refractivity contribution in [3.63, 3.8) is 0 Å². The molecule has 0 aliphatic carbocycles. The van der Waals surface area contributed by atoms with Gasteiger partial charge in [0.15, 0.2) is 0 Å². The van der Waals surface area contributed by atoms with Gasteiger partial charge in [-0.15, -0.1) is 0 Å². The molecule has 0 heterocycles. The smallest absolute Gasteiger partial charge is 0.233 e. The third-order valence-corrected chi connectivity index (χ3v) is 2.64. The maximum absolute atomic E-state index is 11.2. The predicted molar refractivity (Wildman–Crippen MR) is 61.7 cm³/mol. The molecule has 0 aliphatic rings. The minimum Gasteiger partial charge on any atom is -0.396 e. The third-order valence-electron chi connectivity index (χ3n) is 2.64. The van der Waals surface area contributed by atoms with E-state index in [2.05, 4.69) is 10.6 Å². The van der Waals surface area contributed by atoms with Crippen molar-refractivity contribution in [1.29, 1.82) is 0 Å². The maximum Gasteiger partial charge on any atom is 0.233 e. The number of amides is 1. The Hall–Kier alpha value is -0.610. The number of nitrogens with one attached hydrogen (secondary N) is 2. The van der Waals surface area contributed by atoms with Gasteiger partial charge in [0.1, 0.15) is 0 Å². The normalized spacial score (nSPS) is 14.7. The van der Waals surface area contributed by atoms with Crippen molar-refractivity contribution in [3.8, 4) is 0 Å². The van der Waals surface area contributed by atoms with Crippen LogP contribution >= 0.6 is 0 Å². The number of carbonyl (C=O) groups is 1. The molecule has 1 amide bonds. The molecule has 0 aromatic carbocycles. The Morgan fingerprint density at radius 1 is 1.40 bits per heavy atom. The van der Waals surface area contributed by atoms with Crippen molar-refractivity contribution in [2.75, 3.05) is 26.2 Å². The second-order valence-corrected chi connectivity index (χ2v) is 4.28. The van der Waals surface area contributed by atoms with E-state index < -0.39 is 0 Å². The van der Waals surface area contributed by atoms with E-state index in [1.165, 1.54) is 0 Å². The van der Waals surface area contributed by atoms with Gasteiger partial charge in [-0.25, -0.2) is 0 Å². The highest BCUT2D eigenvalue weighted by molar-refractivity contribution is 5.77. The molecule has 90 valence electrons. The van der Waals surface area contributed by atoms with Crippen LogP contribution in [0.25, 0.3) is 0 Å². The number of aliphatic hydroxyl groups excluding tert-OH is 1. The van der Waals surface area contributed by atoms with E-state index in [1.54, 1.807) is 0 Å². The first-order valence-corrected chi connectivity index (χ1v) is 5.66. The molecule has 0 spiro atoms. The van der Waals surface area contributed by atoms with Crippen LogP contribution in [0.5, 0.6) is 0 Å². The molecule has 4 heteroatoms. The van der Waals surface area contributed by atoms with Gasteiger partial charge in [0.05, 0.1) is 6.54 Å². The summed E-state index contributed by atoms with van der Waals surface area (Å²) in [5, 5.41) is 15.0. The van der Waals surface area contributed by atoms with Crippen LogP contribution in [-0.2, 0) is 4.79 Å². The lowest BCUT2D eigenvalue weighted by atomic mass is 9.89. The van der Waals surface area contributed by atoms with Crippen LogP contribution in [0.3, 0.4) is 0 Å². The fourth-order valence-electron chi connectivity index (χ4n) is 1.10. The summed E-state index contributed by atoms with van der Waals surface area (Å²) < 4.78 is 0. The second-order valence-electron chi connectivity index (χ2n) is 4.28. The number of rotatable bonds is 8. The second kappa shape index (κ2) is 7.65. The third kappa shape index (κ3) is 6.47. The fourth-order valence-corrected chi connectivity index (χ4v) is 1.10. The molecule has 0 rings (SSSR count). The summed E-state index contributed by atoms with van der Waals surface area (Å²) in [5.41, 5.74) is -0.120. The number of hydrogen-bond acceptors (Lipinski definition) is 3. The Bertz CT molecular complexity index is 179. The maximum atomic E-state index is 11.2. The highest BCUT2D eigenvalue weighted by Crippen LogP contribution is 2.17. The molecule has 3 N–H and O–H groups in total. The SMILES string of the molecule is CCCNC(=O)CNCC(C)(CC)CO. The first-order valence-electron chi connectivity index (χ1n) is 5.66. The van der Waals surface area contributed by atoms with E-state index in [4.69, 9.17) is 5.11 Å². The van der Waals surface area contributed by atoms with Gasteiger partial charge in [0.25, 0.3) is 0 Å². The Morgan fingerprint density at radius 2 is 2.07 bits per heavy atom. The summed E-state index contributed by atoms with van der Waals surface area (Å²) >= 11 is 0. The van der Waals surface area contributed by atoms with E-state index in [-0.39, 0.29) is 17.9 Å². The Kier molecular flexibility index (Phi) is 7.34. The Labute approximate surface area is 92.4 Å². The topological polar surface area (TPSA) is 61.4 Å². The fraction of sp³-hybridized carbons (Fsp3) is 0.909. The van der Waals surface area contributed by atoms with Crippen LogP contribution in [0.15, 0.2) is 0 Å². The van der Waals surface area contributed by atoms with Crippen molar-refractivity contribution >= 4 is 5.91 Å². The van der Waals surface area contributed by atoms with E-state index in [0.29, 0.717) is 13.1 Å². The minimum atomic E-state index is -0.120. The lowest BCUT2D eigenvalue weighted by Crippen LogP contribution is -2.40. The summed E-state index contributed by atoms with van der Waals surface area (Å²) in [4.78, 5) is 11.2. The van der Waals surface area contributed by atoms with E-state index in [1.807, 2.05) is 20.8 Å². The zero-order chi connectivity index (χ0) is 11.7. The van der Waals surface area contributed by atoms with Crippen LogP contribution < -0.4 is 10.6 Å². The van der Waals surface area contributed by atoms with Gasteiger partial charge < -0.3 is 15.7 Å².